The van der Waals surface area contributed by atoms with E-state index < -0.39 is 0 Å². The second-order valence-electron chi connectivity index (χ2n) is 5.61. The molecule has 0 fully saturated rings. The first-order chi connectivity index (χ1) is 11.4. The maximum atomic E-state index is 6.21. The second kappa shape index (κ2) is 10.0. The van der Waals surface area contributed by atoms with Gasteiger partial charge in [-0.25, -0.2) is 9.98 Å². The molecule has 0 bridgehead atoms. The highest BCUT2D eigenvalue weighted by atomic mass is 127. The number of guanidine groups is 1. The molecule has 1 atom stereocenters. The van der Waals surface area contributed by atoms with Crippen molar-refractivity contribution >= 4 is 59.0 Å². The van der Waals surface area contributed by atoms with Crippen LogP contribution in [0, 0.1) is 0 Å². The van der Waals surface area contributed by atoms with Crippen LogP contribution in [0.15, 0.2) is 41.4 Å². The zero-order chi connectivity index (χ0) is 17.7. The number of nitrogens with one attached hydrogen (secondary N) is 1. The lowest BCUT2D eigenvalue weighted by atomic mass is 10.1. The SMILES string of the molecule is CC(NC(N)=NCc1cccc(N(C)C)n1)c1ccc(Cl)cc1Cl.I. The fourth-order valence-electron chi connectivity index (χ4n) is 2.17. The third kappa shape index (κ3) is 6.52. The molecular formula is C17H22Cl2IN5. The monoisotopic (exact) mass is 493 g/mol. The Morgan fingerprint density at radius 1 is 1.28 bits per heavy atom. The van der Waals surface area contributed by atoms with E-state index in [-0.39, 0.29) is 30.0 Å². The summed E-state index contributed by atoms with van der Waals surface area (Å²) < 4.78 is 0. The van der Waals surface area contributed by atoms with E-state index >= 15 is 0 Å². The minimum atomic E-state index is -0.0837. The normalized spacial score (nSPS) is 12.3. The first kappa shape index (κ1) is 21.8. The van der Waals surface area contributed by atoms with Gasteiger partial charge in [-0.2, -0.15) is 0 Å². The van der Waals surface area contributed by atoms with Crippen LogP contribution in [0.25, 0.3) is 0 Å². The highest BCUT2D eigenvalue weighted by molar-refractivity contribution is 14.0. The molecule has 0 saturated carbocycles. The molecule has 25 heavy (non-hydrogen) atoms. The Morgan fingerprint density at radius 3 is 2.64 bits per heavy atom. The molecule has 1 heterocycles. The van der Waals surface area contributed by atoms with E-state index in [1.807, 2.05) is 50.2 Å². The predicted molar refractivity (Wildman–Crippen MR) is 117 cm³/mol. The van der Waals surface area contributed by atoms with Crippen molar-refractivity contribution in [3.05, 3.63) is 57.7 Å². The Kier molecular flexibility index (Phi) is 8.75. The van der Waals surface area contributed by atoms with Gasteiger partial charge < -0.3 is 16.0 Å². The van der Waals surface area contributed by atoms with Gasteiger partial charge in [-0.3, -0.25) is 0 Å². The Morgan fingerprint density at radius 2 is 2.00 bits per heavy atom. The van der Waals surface area contributed by atoms with E-state index in [2.05, 4.69) is 15.3 Å². The summed E-state index contributed by atoms with van der Waals surface area (Å²) in [5.41, 5.74) is 7.73. The van der Waals surface area contributed by atoms with Gasteiger partial charge in [-0.1, -0.05) is 35.3 Å². The molecule has 0 saturated heterocycles. The summed E-state index contributed by atoms with van der Waals surface area (Å²) >= 11 is 12.1. The molecule has 0 radical (unpaired) electrons. The standard InChI is InChI=1S/C17H21Cl2N5.HI/c1-11(14-8-7-12(18)9-15(14)19)22-17(20)21-10-13-5-4-6-16(23-13)24(2)3;/h4-9,11H,10H2,1-3H3,(H3,20,21,22);1H. The minimum Gasteiger partial charge on any atom is -0.370 e. The van der Waals surface area contributed by atoms with Gasteiger partial charge in [0.15, 0.2) is 5.96 Å². The summed E-state index contributed by atoms with van der Waals surface area (Å²) in [7, 11) is 3.89. The van der Waals surface area contributed by atoms with Gasteiger partial charge >= 0.3 is 0 Å². The number of benzene rings is 1. The summed E-state index contributed by atoms with van der Waals surface area (Å²) in [5, 5.41) is 4.32. The van der Waals surface area contributed by atoms with Gasteiger partial charge in [0.05, 0.1) is 18.3 Å². The molecule has 0 aliphatic rings. The van der Waals surface area contributed by atoms with Crippen LogP contribution < -0.4 is 16.0 Å². The number of aromatic nitrogens is 1. The fraction of sp³-hybridized carbons (Fsp3) is 0.294. The number of anilines is 1. The first-order valence-corrected chi connectivity index (χ1v) is 8.27. The molecule has 0 spiro atoms. The fourth-order valence-corrected chi connectivity index (χ4v) is 2.74. The van der Waals surface area contributed by atoms with Gasteiger partial charge in [0, 0.05) is 24.1 Å². The Balaban J connectivity index is 0.00000312. The van der Waals surface area contributed by atoms with Crippen LogP contribution >= 0.6 is 47.2 Å². The van der Waals surface area contributed by atoms with Crippen molar-refractivity contribution in [1.82, 2.24) is 10.3 Å². The lowest BCUT2D eigenvalue weighted by Gasteiger charge is -2.16. The summed E-state index contributed by atoms with van der Waals surface area (Å²) in [4.78, 5) is 10.8. The average Bonchev–Trinajstić information content (AvgIpc) is 2.53. The molecule has 0 amide bonds. The van der Waals surface area contributed by atoms with Crippen molar-refractivity contribution in [1.29, 1.82) is 0 Å². The van der Waals surface area contributed by atoms with Gasteiger partial charge in [0.2, 0.25) is 0 Å². The molecule has 5 nitrogen and oxygen atoms in total. The van der Waals surface area contributed by atoms with Crippen molar-refractivity contribution in [3.8, 4) is 0 Å². The van der Waals surface area contributed by atoms with E-state index in [1.165, 1.54) is 0 Å². The molecule has 8 heteroatoms. The van der Waals surface area contributed by atoms with E-state index in [0.29, 0.717) is 22.5 Å². The molecule has 136 valence electrons. The third-order valence-corrected chi connectivity index (χ3v) is 4.02. The zero-order valence-corrected chi connectivity index (χ0v) is 18.2. The number of aliphatic imine (C=N–C) groups is 1. The molecule has 0 aliphatic heterocycles. The largest absolute Gasteiger partial charge is 0.370 e. The summed E-state index contributed by atoms with van der Waals surface area (Å²) in [6.45, 7) is 2.37. The van der Waals surface area contributed by atoms with Crippen molar-refractivity contribution in [2.24, 2.45) is 10.7 Å². The van der Waals surface area contributed by atoms with Crippen LogP contribution in [0.1, 0.15) is 24.2 Å². The highest BCUT2D eigenvalue weighted by Gasteiger charge is 2.10. The Bertz CT molecular complexity index is 737. The lowest BCUT2D eigenvalue weighted by molar-refractivity contribution is 0.707. The maximum absolute atomic E-state index is 6.21. The van der Waals surface area contributed by atoms with Crippen LogP contribution in [-0.4, -0.2) is 25.0 Å². The van der Waals surface area contributed by atoms with Crippen molar-refractivity contribution in [2.75, 3.05) is 19.0 Å². The molecule has 1 aromatic carbocycles. The van der Waals surface area contributed by atoms with Crippen LogP contribution in [0.3, 0.4) is 0 Å². The average molecular weight is 494 g/mol. The van der Waals surface area contributed by atoms with E-state index in [1.54, 1.807) is 12.1 Å². The van der Waals surface area contributed by atoms with E-state index in [9.17, 15) is 0 Å². The van der Waals surface area contributed by atoms with Gasteiger partial charge in [-0.15, -0.1) is 24.0 Å². The third-order valence-electron chi connectivity index (χ3n) is 3.46. The summed E-state index contributed by atoms with van der Waals surface area (Å²) in [6, 6.07) is 11.1. The molecule has 1 unspecified atom stereocenters. The topological polar surface area (TPSA) is 66.5 Å². The number of nitrogens with zero attached hydrogens (tertiary/aromatic N) is 3. The number of hydrogen-bond acceptors (Lipinski definition) is 3. The van der Waals surface area contributed by atoms with Crippen molar-refractivity contribution < 1.29 is 0 Å². The molecule has 1 aromatic heterocycles. The molecular weight excluding hydrogens is 472 g/mol. The van der Waals surface area contributed by atoms with Crippen LogP contribution in [0.4, 0.5) is 5.82 Å². The van der Waals surface area contributed by atoms with Gasteiger partial charge in [0.25, 0.3) is 0 Å². The minimum absolute atomic E-state index is 0. The summed E-state index contributed by atoms with van der Waals surface area (Å²) in [5.74, 6) is 1.22. The van der Waals surface area contributed by atoms with Crippen LogP contribution in [0.2, 0.25) is 10.0 Å². The zero-order valence-electron chi connectivity index (χ0n) is 14.3. The maximum Gasteiger partial charge on any atom is 0.189 e. The van der Waals surface area contributed by atoms with Crippen molar-refractivity contribution in [2.45, 2.75) is 19.5 Å². The van der Waals surface area contributed by atoms with Crippen LogP contribution in [0.5, 0.6) is 0 Å². The number of nitrogens with two attached hydrogens (primary N) is 1. The van der Waals surface area contributed by atoms with Gasteiger partial charge in [0.1, 0.15) is 5.82 Å². The van der Waals surface area contributed by atoms with E-state index in [0.717, 1.165) is 17.1 Å². The smallest absolute Gasteiger partial charge is 0.189 e. The highest BCUT2D eigenvalue weighted by Crippen LogP contribution is 2.25. The van der Waals surface area contributed by atoms with Crippen molar-refractivity contribution in [3.63, 3.8) is 0 Å². The van der Waals surface area contributed by atoms with E-state index in [4.69, 9.17) is 28.9 Å². The summed E-state index contributed by atoms with van der Waals surface area (Å²) in [6.07, 6.45) is 0. The van der Waals surface area contributed by atoms with Gasteiger partial charge in [-0.05, 0) is 36.8 Å². The number of halogens is 3. The first-order valence-electron chi connectivity index (χ1n) is 7.51. The molecule has 2 aromatic rings. The number of pyridine rings is 1. The Labute approximate surface area is 175 Å². The molecule has 0 aliphatic carbocycles. The molecule has 3 N–H and O–H groups in total. The van der Waals surface area contributed by atoms with Crippen LogP contribution in [-0.2, 0) is 6.54 Å². The number of rotatable bonds is 5. The molecule has 2 rings (SSSR count). The second-order valence-corrected chi connectivity index (χ2v) is 6.46. The number of hydrogen-bond donors (Lipinski definition) is 2. The Hall–Kier alpha value is -1.25. The lowest BCUT2D eigenvalue weighted by Crippen LogP contribution is -2.34. The quantitative estimate of drug-likeness (QED) is 0.371. The predicted octanol–water partition coefficient (Wildman–Crippen LogP) is 4.24.